The second-order valence-electron chi connectivity index (χ2n) is 4.00. The van der Waals surface area contributed by atoms with E-state index in [9.17, 15) is 4.79 Å². The quantitative estimate of drug-likeness (QED) is 0.768. The molecule has 0 saturated carbocycles. The zero-order chi connectivity index (χ0) is 13.9. The molecule has 0 radical (unpaired) electrons. The van der Waals surface area contributed by atoms with Crippen LogP contribution in [0, 0.1) is 6.92 Å². The maximum absolute atomic E-state index is 11.8. The highest BCUT2D eigenvalue weighted by Crippen LogP contribution is 2.08. The van der Waals surface area contributed by atoms with Crippen LogP contribution < -0.4 is 5.32 Å². The van der Waals surface area contributed by atoms with E-state index in [-0.39, 0.29) is 11.6 Å². The van der Waals surface area contributed by atoms with Gasteiger partial charge >= 0.3 is 0 Å². The van der Waals surface area contributed by atoms with Crippen molar-refractivity contribution in [3.05, 3.63) is 48.4 Å². The molecule has 0 aliphatic rings. The molecule has 0 spiro atoms. The smallest absolute Gasteiger partial charge is 0.277 e. The normalized spacial score (nSPS) is 10.4. The lowest BCUT2D eigenvalue weighted by Crippen LogP contribution is -2.13. The third kappa shape index (κ3) is 2.39. The van der Waals surface area contributed by atoms with Gasteiger partial charge in [-0.1, -0.05) is 5.16 Å². The molecule has 8 heteroatoms. The van der Waals surface area contributed by atoms with Crippen LogP contribution in [0.3, 0.4) is 0 Å². The number of amides is 1. The predicted molar refractivity (Wildman–Crippen MR) is 68.3 cm³/mol. The average molecular weight is 270 g/mol. The van der Waals surface area contributed by atoms with Crippen molar-refractivity contribution in [2.45, 2.75) is 6.92 Å². The lowest BCUT2D eigenvalue weighted by atomic mass is 10.3. The highest BCUT2D eigenvalue weighted by molar-refractivity contribution is 6.02. The van der Waals surface area contributed by atoms with Crippen LogP contribution in [0.15, 0.2) is 41.4 Å². The number of anilines is 1. The third-order valence-electron chi connectivity index (χ3n) is 2.47. The summed E-state index contributed by atoms with van der Waals surface area (Å²) in [5.41, 5.74) is 0.671. The molecule has 3 aromatic rings. The highest BCUT2D eigenvalue weighted by atomic mass is 16.5. The summed E-state index contributed by atoms with van der Waals surface area (Å²) < 4.78 is 6.36. The second-order valence-corrected chi connectivity index (χ2v) is 4.00. The van der Waals surface area contributed by atoms with Gasteiger partial charge < -0.3 is 9.84 Å². The molecule has 8 nitrogen and oxygen atoms in total. The van der Waals surface area contributed by atoms with Crippen LogP contribution >= 0.6 is 0 Å². The van der Waals surface area contributed by atoms with E-state index in [0.29, 0.717) is 17.4 Å². The van der Waals surface area contributed by atoms with Crippen LogP contribution in [-0.4, -0.2) is 30.8 Å². The summed E-state index contributed by atoms with van der Waals surface area (Å²) in [6.07, 6.45) is 6.35. The number of hydrogen-bond acceptors (Lipinski definition) is 6. The third-order valence-corrected chi connectivity index (χ3v) is 2.47. The monoisotopic (exact) mass is 270 g/mol. The molecule has 0 aliphatic heterocycles. The molecule has 3 rings (SSSR count). The molecule has 1 amide bonds. The first-order chi connectivity index (χ1) is 9.72. The first kappa shape index (κ1) is 12.0. The Balaban J connectivity index is 1.74. The Morgan fingerprint density at radius 1 is 1.35 bits per heavy atom. The van der Waals surface area contributed by atoms with Crippen molar-refractivity contribution in [1.82, 2.24) is 24.9 Å². The van der Waals surface area contributed by atoms with Crippen molar-refractivity contribution >= 4 is 11.6 Å². The summed E-state index contributed by atoms with van der Waals surface area (Å²) in [7, 11) is 0. The standard InChI is InChI=1S/C12H10N6O2/c1-8-5-10(17-20-8)11(19)16-9-6-13-12(14-7-9)18-4-2-3-15-18/h2-7H,1H3,(H,16,19). The molecule has 0 unspecified atom stereocenters. The Morgan fingerprint density at radius 3 is 2.75 bits per heavy atom. The second kappa shape index (κ2) is 4.92. The number of nitrogens with one attached hydrogen (secondary N) is 1. The largest absolute Gasteiger partial charge is 0.361 e. The van der Waals surface area contributed by atoms with Crippen molar-refractivity contribution in [2.24, 2.45) is 0 Å². The maximum Gasteiger partial charge on any atom is 0.277 e. The molecule has 100 valence electrons. The number of aryl methyl sites for hydroxylation is 1. The van der Waals surface area contributed by atoms with Crippen LogP contribution in [-0.2, 0) is 0 Å². The van der Waals surface area contributed by atoms with Gasteiger partial charge in [-0.05, 0) is 13.0 Å². The van der Waals surface area contributed by atoms with Crippen LogP contribution in [0.2, 0.25) is 0 Å². The lowest BCUT2D eigenvalue weighted by Gasteiger charge is -2.03. The molecule has 0 bridgehead atoms. The Hall–Kier alpha value is -3.03. The number of carbonyl (C=O) groups excluding carboxylic acids is 1. The van der Waals surface area contributed by atoms with Crippen molar-refractivity contribution in [3.8, 4) is 5.95 Å². The van der Waals surface area contributed by atoms with Crippen LogP contribution in [0.4, 0.5) is 5.69 Å². The van der Waals surface area contributed by atoms with Gasteiger partial charge in [0.15, 0.2) is 5.69 Å². The van der Waals surface area contributed by atoms with Gasteiger partial charge in [-0.2, -0.15) is 5.10 Å². The lowest BCUT2D eigenvalue weighted by molar-refractivity contribution is 0.101. The molecule has 0 fully saturated rings. The number of carbonyl (C=O) groups is 1. The van der Waals surface area contributed by atoms with Gasteiger partial charge in [0.05, 0.1) is 18.1 Å². The number of nitrogens with zero attached hydrogens (tertiary/aromatic N) is 5. The minimum atomic E-state index is -0.378. The zero-order valence-corrected chi connectivity index (χ0v) is 10.5. The molecular formula is C12H10N6O2. The SMILES string of the molecule is Cc1cc(C(=O)Nc2cnc(-n3cccn3)nc2)no1. The summed E-state index contributed by atoms with van der Waals surface area (Å²) in [6.45, 7) is 1.71. The van der Waals surface area contributed by atoms with Crippen LogP contribution in [0.1, 0.15) is 16.2 Å². The molecule has 20 heavy (non-hydrogen) atoms. The molecule has 0 aliphatic carbocycles. The molecule has 3 aromatic heterocycles. The van der Waals surface area contributed by atoms with Gasteiger partial charge in [0.1, 0.15) is 5.76 Å². The van der Waals surface area contributed by atoms with E-state index in [1.165, 1.54) is 17.1 Å². The van der Waals surface area contributed by atoms with E-state index < -0.39 is 0 Å². The van der Waals surface area contributed by atoms with Crippen molar-refractivity contribution < 1.29 is 9.32 Å². The van der Waals surface area contributed by atoms with E-state index in [4.69, 9.17) is 4.52 Å². The average Bonchev–Trinajstić information content (AvgIpc) is 3.10. The summed E-state index contributed by atoms with van der Waals surface area (Å²) >= 11 is 0. The van der Waals surface area contributed by atoms with Crippen molar-refractivity contribution in [2.75, 3.05) is 5.32 Å². The predicted octanol–water partition coefficient (Wildman–Crippen LogP) is 1.21. The summed E-state index contributed by atoms with van der Waals surface area (Å²) in [5.74, 6) is 0.614. The Morgan fingerprint density at radius 2 is 2.15 bits per heavy atom. The topological polar surface area (TPSA) is 98.7 Å². The molecule has 3 heterocycles. The molecular weight excluding hydrogens is 260 g/mol. The minimum absolute atomic E-state index is 0.207. The minimum Gasteiger partial charge on any atom is -0.361 e. The van der Waals surface area contributed by atoms with Gasteiger partial charge in [0, 0.05) is 18.5 Å². The fourth-order valence-electron chi connectivity index (χ4n) is 1.56. The van der Waals surface area contributed by atoms with Crippen LogP contribution in [0.25, 0.3) is 5.95 Å². The zero-order valence-electron chi connectivity index (χ0n) is 10.5. The van der Waals surface area contributed by atoms with Gasteiger partial charge in [0.25, 0.3) is 11.9 Å². The Bertz CT molecular complexity index is 717. The van der Waals surface area contributed by atoms with Crippen molar-refractivity contribution in [1.29, 1.82) is 0 Å². The first-order valence-electron chi connectivity index (χ1n) is 5.79. The molecule has 0 atom stereocenters. The number of aromatic nitrogens is 5. The van der Waals surface area contributed by atoms with Crippen LogP contribution in [0.5, 0.6) is 0 Å². The van der Waals surface area contributed by atoms with E-state index in [2.05, 4.69) is 25.5 Å². The van der Waals surface area contributed by atoms with Gasteiger partial charge in [-0.3, -0.25) is 4.79 Å². The Kier molecular flexibility index (Phi) is 2.96. The first-order valence-corrected chi connectivity index (χ1v) is 5.79. The van der Waals surface area contributed by atoms with Gasteiger partial charge in [-0.15, -0.1) is 0 Å². The van der Waals surface area contributed by atoms with E-state index >= 15 is 0 Å². The summed E-state index contributed by atoms with van der Waals surface area (Å²) in [5, 5.41) is 10.3. The maximum atomic E-state index is 11.8. The highest BCUT2D eigenvalue weighted by Gasteiger charge is 2.11. The molecule has 0 saturated heterocycles. The Labute approximate surface area is 113 Å². The van der Waals surface area contributed by atoms with Crippen molar-refractivity contribution in [3.63, 3.8) is 0 Å². The van der Waals surface area contributed by atoms with Gasteiger partial charge in [-0.25, -0.2) is 14.6 Å². The number of rotatable bonds is 3. The summed E-state index contributed by atoms with van der Waals surface area (Å²) in [4.78, 5) is 20.0. The molecule has 0 aromatic carbocycles. The fourth-order valence-corrected chi connectivity index (χ4v) is 1.56. The molecule has 1 N–H and O–H groups in total. The van der Waals surface area contributed by atoms with E-state index in [1.807, 2.05) is 0 Å². The number of hydrogen-bond donors (Lipinski definition) is 1. The van der Waals surface area contributed by atoms with E-state index in [0.717, 1.165) is 0 Å². The van der Waals surface area contributed by atoms with E-state index in [1.54, 1.807) is 31.5 Å². The fraction of sp³-hybridized carbons (Fsp3) is 0.0833. The summed E-state index contributed by atoms with van der Waals surface area (Å²) in [6, 6.07) is 3.32. The van der Waals surface area contributed by atoms with Gasteiger partial charge in [0.2, 0.25) is 0 Å².